The number of sulfone groups is 1. The highest BCUT2D eigenvalue weighted by Gasteiger charge is 2.58. The van der Waals surface area contributed by atoms with Crippen LogP contribution in [0.15, 0.2) is 53.4 Å². The Morgan fingerprint density at radius 3 is 2.55 bits per heavy atom. The van der Waals surface area contributed by atoms with E-state index in [2.05, 4.69) is 15.6 Å². The van der Waals surface area contributed by atoms with E-state index in [1.54, 1.807) is 30.3 Å². The van der Waals surface area contributed by atoms with Crippen molar-refractivity contribution in [3.8, 4) is 11.4 Å². The molecule has 2 amide bonds. The first-order valence-electron chi connectivity index (χ1n) is 12.8. The number of carbonyl (C=O) groups excluding carboxylic acids is 1. The topological polar surface area (TPSA) is 114 Å². The number of aromatic nitrogens is 2. The van der Waals surface area contributed by atoms with E-state index in [1.807, 2.05) is 11.8 Å². The normalized spacial score (nSPS) is 18.3. The molecule has 1 aliphatic carbocycles. The van der Waals surface area contributed by atoms with Crippen molar-refractivity contribution in [2.24, 2.45) is 0 Å². The van der Waals surface area contributed by atoms with Crippen LogP contribution >= 0.6 is 0 Å². The Kier molecular flexibility index (Phi) is 7.69. The first-order valence-corrected chi connectivity index (χ1v) is 14.3. The summed E-state index contributed by atoms with van der Waals surface area (Å²) in [6.07, 6.45) is 0.382. The maximum Gasteiger partial charge on any atom is 0.319 e. The van der Waals surface area contributed by atoms with Gasteiger partial charge in [-0.2, -0.15) is 0 Å². The zero-order valence-corrected chi connectivity index (χ0v) is 22.5. The summed E-state index contributed by atoms with van der Waals surface area (Å²) < 4.78 is 72.4. The van der Waals surface area contributed by atoms with Gasteiger partial charge in [0.1, 0.15) is 33.8 Å². The number of anilines is 2. The van der Waals surface area contributed by atoms with Gasteiger partial charge in [0.25, 0.3) is 0 Å². The molecule has 1 atom stereocenters. The van der Waals surface area contributed by atoms with E-state index in [0.29, 0.717) is 42.9 Å². The second-order valence-corrected chi connectivity index (χ2v) is 12.0. The maximum absolute atomic E-state index is 14.6. The molecule has 9 nitrogen and oxygen atoms in total. The Morgan fingerprint density at radius 2 is 1.88 bits per heavy atom. The number of carbonyl (C=O) groups is 1. The molecule has 0 bridgehead atoms. The van der Waals surface area contributed by atoms with Crippen molar-refractivity contribution in [1.82, 2.24) is 15.3 Å². The number of benzene rings is 2. The average molecular weight is 576 g/mol. The van der Waals surface area contributed by atoms with Crippen LogP contribution in [-0.4, -0.2) is 63.4 Å². The number of halogens is 3. The van der Waals surface area contributed by atoms with Gasteiger partial charge in [0, 0.05) is 30.4 Å². The number of alkyl halides is 1. The fourth-order valence-electron chi connectivity index (χ4n) is 4.72. The molecule has 1 aromatic heterocycles. The maximum atomic E-state index is 14.6. The fourth-order valence-corrected chi connectivity index (χ4v) is 6.75. The number of hydrogen-bond acceptors (Lipinski definition) is 7. The third-order valence-corrected chi connectivity index (χ3v) is 9.56. The lowest BCUT2D eigenvalue weighted by molar-refractivity contribution is 0.0985. The molecule has 0 spiro atoms. The SMILES string of the molecule is C[C@H]1COCCN1c1cc(C2(S(=O)(=O)c3cc(F)ccc3F)CC2)nc(-c2ccc(NC(=O)NCCF)cc2)n1. The molecule has 0 radical (unpaired) electrons. The van der Waals surface area contributed by atoms with Crippen molar-refractivity contribution >= 4 is 27.4 Å². The molecule has 2 N–H and O–H groups in total. The van der Waals surface area contributed by atoms with Gasteiger partial charge in [0.2, 0.25) is 0 Å². The van der Waals surface area contributed by atoms with Crippen LogP contribution < -0.4 is 15.5 Å². The van der Waals surface area contributed by atoms with Gasteiger partial charge in [-0.05, 0) is 62.2 Å². The number of urea groups is 1. The first-order chi connectivity index (χ1) is 19.1. The summed E-state index contributed by atoms with van der Waals surface area (Å²) in [7, 11) is -4.35. The molecule has 212 valence electrons. The summed E-state index contributed by atoms with van der Waals surface area (Å²) in [5.74, 6) is -1.15. The number of ether oxygens (including phenoxy) is 1. The molecular weight excluding hydrogens is 547 g/mol. The highest BCUT2D eigenvalue weighted by atomic mass is 32.2. The third-order valence-electron chi connectivity index (χ3n) is 7.02. The second-order valence-electron chi connectivity index (χ2n) is 9.77. The smallest absolute Gasteiger partial charge is 0.319 e. The highest BCUT2D eigenvalue weighted by molar-refractivity contribution is 7.92. The quantitative estimate of drug-likeness (QED) is 0.414. The number of morpholine rings is 1. The van der Waals surface area contributed by atoms with Gasteiger partial charge in [-0.15, -0.1) is 0 Å². The number of nitrogens with zero attached hydrogens (tertiary/aromatic N) is 3. The minimum Gasteiger partial charge on any atom is -0.377 e. The second kappa shape index (κ2) is 11.0. The zero-order valence-electron chi connectivity index (χ0n) is 21.7. The van der Waals surface area contributed by atoms with E-state index in [1.165, 1.54) is 0 Å². The van der Waals surface area contributed by atoms with E-state index in [-0.39, 0.29) is 36.9 Å². The standard InChI is InChI=1S/C27H28F3N5O4S/c1-17-16-39-13-12-35(17)24-15-23(27(8-9-27)40(37,38)22-14-19(29)4-7-21(22)30)33-25(34-24)18-2-5-20(6-3-18)32-26(36)31-11-10-28/h2-7,14-15,17H,8-13,16H2,1H3,(H2,31,32,36)/t17-/m0/s1. The molecule has 2 aromatic carbocycles. The van der Waals surface area contributed by atoms with Crippen molar-refractivity contribution in [3.63, 3.8) is 0 Å². The minimum atomic E-state index is -4.35. The molecule has 0 unspecified atom stereocenters. The van der Waals surface area contributed by atoms with Gasteiger partial charge < -0.3 is 20.3 Å². The van der Waals surface area contributed by atoms with Gasteiger partial charge in [0.15, 0.2) is 15.7 Å². The van der Waals surface area contributed by atoms with Crippen LogP contribution in [0.3, 0.4) is 0 Å². The summed E-state index contributed by atoms with van der Waals surface area (Å²) >= 11 is 0. The van der Waals surface area contributed by atoms with E-state index < -0.39 is 43.8 Å². The number of hydrogen-bond donors (Lipinski definition) is 2. The Labute approximate surface area is 229 Å². The third kappa shape index (κ3) is 5.35. The van der Waals surface area contributed by atoms with Gasteiger partial charge in [0.05, 0.1) is 24.9 Å². The molecule has 2 aliphatic rings. The van der Waals surface area contributed by atoms with Gasteiger partial charge in [-0.1, -0.05) is 0 Å². The number of nitrogens with one attached hydrogen (secondary N) is 2. The van der Waals surface area contributed by atoms with Gasteiger partial charge >= 0.3 is 6.03 Å². The largest absolute Gasteiger partial charge is 0.377 e. The van der Waals surface area contributed by atoms with Crippen molar-refractivity contribution in [2.75, 3.05) is 43.2 Å². The summed E-state index contributed by atoms with van der Waals surface area (Å²) in [5, 5.41) is 4.96. The molecule has 40 heavy (non-hydrogen) atoms. The lowest BCUT2D eigenvalue weighted by Gasteiger charge is -2.34. The summed E-state index contributed by atoms with van der Waals surface area (Å²) in [6, 6.07) is 9.94. The van der Waals surface area contributed by atoms with Gasteiger partial charge in [-0.25, -0.2) is 36.4 Å². The van der Waals surface area contributed by atoms with Crippen molar-refractivity contribution < 1.29 is 31.1 Å². The average Bonchev–Trinajstić information content (AvgIpc) is 3.77. The van der Waals surface area contributed by atoms with E-state index in [4.69, 9.17) is 9.72 Å². The summed E-state index contributed by atoms with van der Waals surface area (Å²) in [6.45, 7) is 2.59. The molecule has 2 fully saturated rings. The van der Waals surface area contributed by atoms with Crippen LogP contribution in [0.4, 0.5) is 29.5 Å². The Hall–Kier alpha value is -3.71. The van der Waals surface area contributed by atoms with E-state index in [0.717, 1.165) is 12.1 Å². The van der Waals surface area contributed by atoms with Crippen molar-refractivity contribution in [1.29, 1.82) is 0 Å². The van der Waals surface area contributed by atoms with E-state index >= 15 is 0 Å². The van der Waals surface area contributed by atoms with Crippen LogP contribution in [0.1, 0.15) is 25.5 Å². The first kappa shape index (κ1) is 27.8. The predicted octanol–water partition coefficient (Wildman–Crippen LogP) is 4.20. The molecule has 1 aliphatic heterocycles. The van der Waals surface area contributed by atoms with Crippen LogP contribution in [0.25, 0.3) is 11.4 Å². The molecular formula is C27H28F3N5O4S. The van der Waals surface area contributed by atoms with Crippen LogP contribution in [0.2, 0.25) is 0 Å². The summed E-state index contributed by atoms with van der Waals surface area (Å²) in [4.78, 5) is 22.5. The number of amides is 2. The van der Waals surface area contributed by atoms with Crippen LogP contribution in [-0.2, 0) is 19.3 Å². The molecule has 1 saturated carbocycles. The summed E-state index contributed by atoms with van der Waals surface area (Å²) in [5.41, 5.74) is 1.19. The molecule has 3 aromatic rings. The molecule has 5 rings (SSSR count). The lowest BCUT2D eigenvalue weighted by atomic mass is 10.1. The van der Waals surface area contributed by atoms with E-state index in [9.17, 15) is 26.4 Å². The van der Waals surface area contributed by atoms with Crippen LogP contribution in [0, 0.1) is 11.6 Å². The Morgan fingerprint density at radius 1 is 1.12 bits per heavy atom. The van der Waals surface area contributed by atoms with Crippen LogP contribution in [0.5, 0.6) is 0 Å². The number of rotatable bonds is 8. The Balaban J connectivity index is 1.56. The van der Waals surface area contributed by atoms with Gasteiger partial charge in [-0.3, -0.25) is 0 Å². The molecule has 2 heterocycles. The monoisotopic (exact) mass is 575 g/mol. The lowest BCUT2D eigenvalue weighted by Crippen LogP contribution is -2.44. The van der Waals surface area contributed by atoms with Crippen molar-refractivity contribution in [2.45, 2.75) is 35.4 Å². The fraction of sp³-hybridized carbons (Fsp3) is 0.370. The predicted molar refractivity (Wildman–Crippen MR) is 143 cm³/mol. The van der Waals surface area contributed by atoms with Crippen molar-refractivity contribution in [3.05, 3.63) is 65.9 Å². The Bertz CT molecular complexity index is 1520. The molecule has 13 heteroatoms. The minimum absolute atomic E-state index is 0.0498. The highest BCUT2D eigenvalue weighted by Crippen LogP contribution is 2.55. The molecule has 1 saturated heterocycles. The zero-order chi connectivity index (χ0) is 28.5.